The monoisotopic (exact) mass is 453 g/mol. The molecule has 9 heteroatoms. The number of carbonyl (C=O) groups is 1. The molecule has 2 aromatic carbocycles. The molecule has 0 bridgehead atoms. The molecule has 1 fully saturated rings. The van der Waals surface area contributed by atoms with E-state index >= 15 is 0 Å². The number of fused-ring (bicyclic) bond motifs is 3. The Morgan fingerprint density at radius 1 is 1.00 bits per heavy atom. The van der Waals surface area contributed by atoms with Crippen LogP contribution in [0.1, 0.15) is 6.92 Å². The van der Waals surface area contributed by atoms with Crippen LogP contribution in [0.25, 0.3) is 28.1 Å². The number of carbonyl (C=O) groups excluding carboxylic acids is 1. The van der Waals surface area contributed by atoms with Crippen LogP contribution in [0.3, 0.4) is 0 Å². The van der Waals surface area contributed by atoms with Gasteiger partial charge in [0.1, 0.15) is 0 Å². The summed E-state index contributed by atoms with van der Waals surface area (Å²) in [7, 11) is 0. The maximum atomic E-state index is 12.9. The molecule has 1 aliphatic rings. The number of nitrogens with zero attached hydrogens (tertiary/aromatic N) is 6. The Morgan fingerprint density at radius 3 is 2.62 bits per heavy atom. The number of nitrogens with one attached hydrogen (secondary N) is 1. The molecule has 1 atom stereocenters. The van der Waals surface area contributed by atoms with Gasteiger partial charge in [0.25, 0.3) is 0 Å². The second kappa shape index (κ2) is 8.18. The van der Waals surface area contributed by atoms with E-state index in [1.54, 1.807) is 6.26 Å². The average molecular weight is 454 g/mol. The third kappa shape index (κ3) is 3.42. The summed E-state index contributed by atoms with van der Waals surface area (Å²) in [6, 6.07) is 21.0. The van der Waals surface area contributed by atoms with Gasteiger partial charge in [0.15, 0.2) is 11.4 Å². The van der Waals surface area contributed by atoms with E-state index in [2.05, 4.69) is 27.3 Å². The zero-order valence-corrected chi connectivity index (χ0v) is 18.6. The predicted octanol–water partition coefficient (Wildman–Crippen LogP) is 4.28. The van der Waals surface area contributed by atoms with Crippen LogP contribution >= 0.6 is 0 Å². The van der Waals surface area contributed by atoms with Crippen molar-refractivity contribution < 1.29 is 9.21 Å². The first-order valence-electron chi connectivity index (χ1n) is 11.2. The van der Waals surface area contributed by atoms with Crippen LogP contribution in [0.4, 0.5) is 16.4 Å². The lowest BCUT2D eigenvalue weighted by atomic mass is 10.2. The summed E-state index contributed by atoms with van der Waals surface area (Å²) in [5.74, 6) is 1.96. The summed E-state index contributed by atoms with van der Waals surface area (Å²) in [6.45, 7) is 3.86. The molecule has 1 aliphatic heterocycles. The molecule has 4 heterocycles. The summed E-state index contributed by atoms with van der Waals surface area (Å²) in [5, 5.41) is 12.8. The van der Waals surface area contributed by atoms with Crippen LogP contribution in [0.5, 0.6) is 0 Å². The second-order valence-electron chi connectivity index (χ2n) is 8.37. The Bertz CT molecular complexity index is 1460. The van der Waals surface area contributed by atoms with Crippen LogP contribution in [-0.4, -0.2) is 56.2 Å². The molecule has 3 aromatic heterocycles. The van der Waals surface area contributed by atoms with E-state index in [-0.39, 0.29) is 12.1 Å². The molecule has 0 saturated carbocycles. The topological polar surface area (TPSA) is 91.8 Å². The number of rotatable bonds is 3. The average Bonchev–Trinajstić information content (AvgIpc) is 3.54. The minimum Gasteiger partial charge on any atom is -0.461 e. The summed E-state index contributed by atoms with van der Waals surface area (Å²) >= 11 is 0. The molecule has 0 spiro atoms. The number of piperazine rings is 1. The fourth-order valence-electron chi connectivity index (χ4n) is 4.50. The van der Waals surface area contributed by atoms with Gasteiger partial charge in [-0.15, -0.1) is 10.2 Å². The first-order valence-corrected chi connectivity index (χ1v) is 11.2. The van der Waals surface area contributed by atoms with Crippen molar-refractivity contribution in [2.24, 2.45) is 0 Å². The smallest absolute Gasteiger partial charge is 0.322 e. The van der Waals surface area contributed by atoms with Crippen molar-refractivity contribution in [1.29, 1.82) is 0 Å². The van der Waals surface area contributed by atoms with Gasteiger partial charge in [-0.25, -0.2) is 14.2 Å². The van der Waals surface area contributed by atoms with Gasteiger partial charge in [0, 0.05) is 36.7 Å². The minimum atomic E-state index is -0.101. The maximum Gasteiger partial charge on any atom is 0.322 e. The lowest BCUT2D eigenvalue weighted by Gasteiger charge is -2.40. The highest BCUT2D eigenvalue weighted by atomic mass is 16.3. The Morgan fingerprint density at radius 2 is 1.82 bits per heavy atom. The highest BCUT2D eigenvalue weighted by molar-refractivity contribution is 5.93. The Kier molecular flexibility index (Phi) is 4.87. The highest BCUT2D eigenvalue weighted by Crippen LogP contribution is 2.29. The van der Waals surface area contributed by atoms with Crippen LogP contribution in [0, 0.1) is 0 Å². The van der Waals surface area contributed by atoms with E-state index in [1.165, 1.54) is 0 Å². The van der Waals surface area contributed by atoms with E-state index in [1.807, 2.05) is 76.0 Å². The number of benzene rings is 2. The molecule has 0 unspecified atom stereocenters. The van der Waals surface area contributed by atoms with Gasteiger partial charge in [-0.1, -0.05) is 30.3 Å². The van der Waals surface area contributed by atoms with Crippen LogP contribution in [0.15, 0.2) is 77.4 Å². The first kappa shape index (κ1) is 20.2. The maximum absolute atomic E-state index is 12.9. The van der Waals surface area contributed by atoms with E-state index in [4.69, 9.17) is 9.40 Å². The Hall–Kier alpha value is -4.40. The Labute approximate surface area is 195 Å². The number of amides is 2. The summed E-state index contributed by atoms with van der Waals surface area (Å²) in [5.41, 5.74) is 2.36. The summed E-state index contributed by atoms with van der Waals surface area (Å²) < 4.78 is 7.59. The van der Waals surface area contributed by atoms with Gasteiger partial charge in [0.05, 0.1) is 11.8 Å². The zero-order valence-electron chi connectivity index (χ0n) is 18.6. The van der Waals surface area contributed by atoms with E-state index in [9.17, 15) is 4.79 Å². The fourth-order valence-corrected chi connectivity index (χ4v) is 4.50. The van der Waals surface area contributed by atoms with Crippen molar-refractivity contribution in [2.45, 2.75) is 13.0 Å². The van der Waals surface area contributed by atoms with Crippen molar-refractivity contribution in [2.75, 3.05) is 29.9 Å². The number of hydrogen-bond acceptors (Lipinski definition) is 6. The zero-order chi connectivity index (χ0) is 23.1. The fraction of sp³-hybridized carbons (Fsp3) is 0.200. The number of aromatic nitrogens is 4. The highest BCUT2D eigenvalue weighted by Gasteiger charge is 2.30. The standard InChI is InChI=1S/C25H23N7O2/c1-17-16-30(13-14-31(17)25(33)26-18-8-3-2-4-9-18)24-27-20-11-6-5-10-19(20)22-28-29-23(32(22)24)21-12-7-15-34-21/h2-12,15,17H,13-14,16H2,1H3,(H,26,33)/t17-/m1/s1. The minimum absolute atomic E-state index is 0.0238. The molecule has 0 radical (unpaired) electrons. The van der Waals surface area contributed by atoms with Crippen molar-refractivity contribution in [1.82, 2.24) is 24.5 Å². The van der Waals surface area contributed by atoms with Gasteiger partial charge in [-0.3, -0.25) is 0 Å². The number of para-hydroxylation sites is 2. The molecular weight excluding hydrogens is 430 g/mol. The summed E-state index contributed by atoms with van der Waals surface area (Å²) in [6.07, 6.45) is 1.62. The van der Waals surface area contributed by atoms with Crippen molar-refractivity contribution in [3.63, 3.8) is 0 Å². The molecule has 2 amide bonds. The summed E-state index contributed by atoms with van der Waals surface area (Å²) in [4.78, 5) is 22.0. The van der Waals surface area contributed by atoms with E-state index < -0.39 is 0 Å². The van der Waals surface area contributed by atoms with E-state index in [0.29, 0.717) is 31.2 Å². The number of furan rings is 1. The number of hydrogen-bond donors (Lipinski definition) is 1. The van der Waals surface area contributed by atoms with Gasteiger partial charge < -0.3 is 19.5 Å². The largest absolute Gasteiger partial charge is 0.461 e. The first-order chi connectivity index (χ1) is 16.7. The van der Waals surface area contributed by atoms with Crippen LogP contribution in [0.2, 0.25) is 0 Å². The second-order valence-corrected chi connectivity index (χ2v) is 8.37. The number of anilines is 2. The molecule has 34 heavy (non-hydrogen) atoms. The molecule has 9 nitrogen and oxygen atoms in total. The molecule has 5 aromatic rings. The van der Waals surface area contributed by atoms with Gasteiger partial charge in [-0.2, -0.15) is 0 Å². The van der Waals surface area contributed by atoms with Crippen LogP contribution < -0.4 is 10.2 Å². The SMILES string of the molecule is C[C@@H]1CN(c2nc3ccccc3c3nnc(-c4ccco4)n23)CCN1C(=O)Nc1ccccc1. The Balaban J connectivity index is 1.35. The van der Waals surface area contributed by atoms with Gasteiger partial charge >= 0.3 is 6.03 Å². The van der Waals surface area contributed by atoms with Gasteiger partial charge in [-0.05, 0) is 43.3 Å². The lowest BCUT2D eigenvalue weighted by molar-refractivity contribution is 0.184. The third-order valence-electron chi connectivity index (χ3n) is 6.17. The molecule has 6 rings (SSSR count). The lowest BCUT2D eigenvalue weighted by Crippen LogP contribution is -2.55. The van der Waals surface area contributed by atoms with Crippen molar-refractivity contribution >= 4 is 34.2 Å². The normalized spacial score (nSPS) is 16.3. The molecule has 1 saturated heterocycles. The van der Waals surface area contributed by atoms with E-state index in [0.717, 1.165) is 28.2 Å². The molecule has 0 aliphatic carbocycles. The third-order valence-corrected chi connectivity index (χ3v) is 6.17. The molecule has 170 valence electrons. The van der Waals surface area contributed by atoms with Crippen molar-refractivity contribution in [3.05, 3.63) is 73.0 Å². The molecule has 1 N–H and O–H groups in total. The molecular formula is C25H23N7O2. The predicted molar refractivity (Wildman–Crippen MR) is 130 cm³/mol. The van der Waals surface area contributed by atoms with Crippen LogP contribution in [-0.2, 0) is 0 Å². The quantitative estimate of drug-likeness (QED) is 0.438. The van der Waals surface area contributed by atoms with Gasteiger partial charge in [0.2, 0.25) is 11.8 Å². The number of urea groups is 1. The van der Waals surface area contributed by atoms with Crippen molar-refractivity contribution in [3.8, 4) is 11.6 Å².